The molecule has 0 radical (unpaired) electrons. The lowest BCUT2D eigenvalue weighted by atomic mass is 10.2. The predicted molar refractivity (Wildman–Crippen MR) is 57.3 cm³/mol. The van der Waals surface area contributed by atoms with Crippen LogP contribution in [-0.2, 0) is 4.74 Å². The fraction of sp³-hybridized carbons (Fsp3) is 0.333. The van der Waals surface area contributed by atoms with E-state index >= 15 is 0 Å². The summed E-state index contributed by atoms with van der Waals surface area (Å²) in [5, 5.41) is 0. The van der Waals surface area contributed by atoms with Crippen molar-refractivity contribution in [1.29, 1.82) is 0 Å². The van der Waals surface area contributed by atoms with Crippen molar-refractivity contribution in [3.8, 4) is 0 Å². The minimum absolute atomic E-state index is 0.111. The van der Waals surface area contributed by atoms with Gasteiger partial charge in [0, 0.05) is 0 Å². The van der Waals surface area contributed by atoms with E-state index < -0.39 is 12.4 Å². The monoisotopic (exact) mass is 294 g/mol. The van der Waals surface area contributed by atoms with Gasteiger partial charge >= 0.3 is 5.97 Å². The number of aromatic nitrogens is 1. The Hall–Kier alpha value is -1.24. The molecule has 0 bridgehead atoms. The van der Waals surface area contributed by atoms with Gasteiger partial charge in [0.15, 0.2) is 5.69 Å². The molecule has 4 nitrogen and oxygen atoms in total. The number of alkyl halides is 2. The molecule has 0 aliphatic heterocycles. The van der Waals surface area contributed by atoms with Crippen LogP contribution < -0.4 is 5.73 Å². The standard InChI is InChI=1S/C9H9BrF2N2O2/c1-2-16-9(15)6-5(13)3-4(8(11)12)7(10)14-6/h3,8H,2,13H2,1H3. The van der Waals surface area contributed by atoms with Crippen LogP contribution in [0, 0.1) is 0 Å². The van der Waals surface area contributed by atoms with Crippen LogP contribution in [0.3, 0.4) is 0 Å². The molecular formula is C9H9BrF2N2O2. The molecule has 88 valence electrons. The van der Waals surface area contributed by atoms with E-state index in [2.05, 4.69) is 25.7 Å². The van der Waals surface area contributed by atoms with Crippen molar-refractivity contribution < 1.29 is 18.3 Å². The minimum Gasteiger partial charge on any atom is -0.461 e. The SMILES string of the molecule is CCOC(=O)c1nc(Br)c(C(F)F)cc1N. The number of nitrogen functional groups attached to an aromatic ring is 1. The summed E-state index contributed by atoms with van der Waals surface area (Å²) in [5.41, 5.74) is 4.79. The van der Waals surface area contributed by atoms with E-state index in [9.17, 15) is 13.6 Å². The largest absolute Gasteiger partial charge is 0.461 e. The molecule has 7 heteroatoms. The van der Waals surface area contributed by atoms with Gasteiger partial charge in [0.05, 0.1) is 17.9 Å². The van der Waals surface area contributed by atoms with E-state index in [1.807, 2.05) is 0 Å². The predicted octanol–water partition coefficient (Wildman–Crippen LogP) is 2.54. The molecule has 0 unspecified atom stereocenters. The number of anilines is 1. The fourth-order valence-electron chi connectivity index (χ4n) is 1.04. The number of pyridine rings is 1. The van der Waals surface area contributed by atoms with Crippen LogP contribution >= 0.6 is 15.9 Å². The van der Waals surface area contributed by atoms with Crippen molar-refractivity contribution in [3.63, 3.8) is 0 Å². The van der Waals surface area contributed by atoms with Gasteiger partial charge in [0.1, 0.15) is 4.60 Å². The van der Waals surface area contributed by atoms with E-state index in [1.165, 1.54) is 0 Å². The van der Waals surface area contributed by atoms with Crippen molar-refractivity contribution in [3.05, 3.63) is 21.9 Å². The number of hydrogen-bond acceptors (Lipinski definition) is 4. The molecule has 0 spiro atoms. The maximum atomic E-state index is 12.4. The van der Waals surface area contributed by atoms with E-state index in [4.69, 9.17) is 5.73 Å². The molecule has 0 atom stereocenters. The summed E-state index contributed by atoms with van der Waals surface area (Å²) in [5.74, 6) is -0.735. The molecule has 0 saturated heterocycles. The average molecular weight is 295 g/mol. The molecule has 2 N–H and O–H groups in total. The van der Waals surface area contributed by atoms with Crippen molar-refractivity contribution in [2.24, 2.45) is 0 Å². The second kappa shape index (κ2) is 5.20. The van der Waals surface area contributed by atoms with Gasteiger partial charge < -0.3 is 10.5 Å². The molecule has 0 saturated carbocycles. The molecule has 0 amide bonds. The van der Waals surface area contributed by atoms with Gasteiger partial charge in [-0.2, -0.15) is 0 Å². The van der Waals surface area contributed by atoms with Crippen molar-refractivity contribution in [2.45, 2.75) is 13.3 Å². The third-order valence-electron chi connectivity index (χ3n) is 1.74. The highest BCUT2D eigenvalue weighted by molar-refractivity contribution is 9.10. The van der Waals surface area contributed by atoms with E-state index in [0.717, 1.165) is 6.07 Å². The zero-order valence-electron chi connectivity index (χ0n) is 8.34. The quantitative estimate of drug-likeness (QED) is 0.687. The van der Waals surface area contributed by atoms with Gasteiger partial charge in [-0.3, -0.25) is 0 Å². The maximum absolute atomic E-state index is 12.4. The van der Waals surface area contributed by atoms with Gasteiger partial charge in [0.25, 0.3) is 6.43 Å². The van der Waals surface area contributed by atoms with Crippen LogP contribution in [0.25, 0.3) is 0 Å². The summed E-state index contributed by atoms with van der Waals surface area (Å²) in [7, 11) is 0. The number of carbonyl (C=O) groups is 1. The Balaban J connectivity index is 3.15. The molecule has 0 aliphatic carbocycles. The summed E-state index contributed by atoms with van der Waals surface area (Å²) in [6, 6.07) is 1.01. The Labute approximate surface area is 98.9 Å². The molecular weight excluding hydrogens is 286 g/mol. The lowest BCUT2D eigenvalue weighted by molar-refractivity contribution is 0.0520. The third kappa shape index (κ3) is 2.66. The van der Waals surface area contributed by atoms with Gasteiger partial charge in [-0.25, -0.2) is 18.6 Å². The smallest absolute Gasteiger partial charge is 0.359 e. The second-order valence-electron chi connectivity index (χ2n) is 2.83. The highest BCUT2D eigenvalue weighted by atomic mass is 79.9. The number of esters is 1. The van der Waals surface area contributed by atoms with Crippen LogP contribution in [0.5, 0.6) is 0 Å². The first-order chi connectivity index (χ1) is 7.47. The Morgan fingerprint density at radius 2 is 2.31 bits per heavy atom. The highest BCUT2D eigenvalue weighted by Gasteiger charge is 2.20. The number of nitrogens with two attached hydrogens (primary N) is 1. The van der Waals surface area contributed by atoms with Gasteiger partial charge in [-0.05, 0) is 28.9 Å². The first-order valence-electron chi connectivity index (χ1n) is 4.38. The normalized spacial score (nSPS) is 10.6. The van der Waals surface area contributed by atoms with Crippen molar-refractivity contribution >= 4 is 27.6 Å². The molecule has 0 aliphatic rings. The zero-order chi connectivity index (χ0) is 12.3. The molecule has 0 fully saturated rings. The number of ether oxygens (including phenoxy) is 1. The number of nitrogens with zero attached hydrogens (tertiary/aromatic N) is 1. The van der Waals surface area contributed by atoms with Gasteiger partial charge in [-0.15, -0.1) is 0 Å². The van der Waals surface area contributed by atoms with E-state index in [1.54, 1.807) is 6.92 Å². The fourth-order valence-corrected chi connectivity index (χ4v) is 1.50. The molecule has 16 heavy (non-hydrogen) atoms. The Morgan fingerprint density at radius 1 is 1.69 bits per heavy atom. The average Bonchev–Trinajstić information content (AvgIpc) is 2.20. The van der Waals surface area contributed by atoms with Crippen LogP contribution in [-0.4, -0.2) is 17.6 Å². The third-order valence-corrected chi connectivity index (χ3v) is 2.37. The van der Waals surface area contributed by atoms with E-state index in [-0.39, 0.29) is 28.2 Å². The summed E-state index contributed by atoms with van der Waals surface area (Å²) in [4.78, 5) is 15.0. The van der Waals surface area contributed by atoms with Gasteiger partial charge in [-0.1, -0.05) is 0 Å². The Bertz CT molecular complexity index is 413. The number of carbonyl (C=O) groups excluding carboxylic acids is 1. The number of hydrogen-bond donors (Lipinski definition) is 1. The van der Waals surface area contributed by atoms with Crippen molar-refractivity contribution in [1.82, 2.24) is 4.98 Å². The maximum Gasteiger partial charge on any atom is 0.359 e. The van der Waals surface area contributed by atoms with Crippen molar-refractivity contribution in [2.75, 3.05) is 12.3 Å². The first kappa shape index (κ1) is 12.8. The lowest BCUT2D eigenvalue weighted by Gasteiger charge is -2.08. The molecule has 1 aromatic rings. The van der Waals surface area contributed by atoms with Gasteiger partial charge in [0.2, 0.25) is 0 Å². The first-order valence-corrected chi connectivity index (χ1v) is 5.17. The summed E-state index contributed by atoms with van der Waals surface area (Å²) in [6.07, 6.45) is -2.71. The Morgan fingerprint density at radius 3 is 2.81 bits per heavy atom. The molecule has 1 aromatic heterocycles. The molecule has 1 rings (SSSR count). The van der Waals surface area contributed by atoms with Crippen LogP contribution in [0.15, 0.2) is 10.7 Å². The van der Waals surface area contributed by atoms with E-state index in [0.29, 0.717) is 0 Å². The topological polar surface area (TPSA) is 65.2 Å². The molecule has 0 aromatic carbocycles. The summed E-state index contributed by atoms with van der Waals surface area (Å²) in [6.45, 7) is 1.78. The van der Waals surface area contributed by atoms with Crippen LogP contribution in [0.4, 0.5) is 14.5 Å². The molecule has 1 heterocycles. The van der Waals surface area contributed by atoms with Crippen LogP contribution in [0.2, 0.25) is 0 Å². The highest BCUT2D eigenvalue weighted by Crippen LogP contribution is 2.29. The second-order valence-corrected chi connectivity index (χ2v) is 3.58. The Kier molecular flexibility index (Phi) is 4.17. The zero-order valence-corrected chi connectivity index (χ0v) is 9.92. The lowest BCUT2D eigenvalue weighted by Crippen LogP contribution is -2.11. The minimum atomic E-state index is -2.71. The number of halogens is 3. The summed E-state index contributed by atoms with van der Waals surface area (Å²) < 4.78 is 29.5. The van der Waals surface area contributed by atoms with Crippen LogP contribution in [0.1, 0.15) is 29.4 Å². The number of rotatable bonds is 3. The summed E-state index contributed by atoms with van der Waals surface area (Å²) >= 11 is 2.85.